The number of nitrogens with two attached hydrogens (primary N) is 1. The standard InChI is InChI=1S/C14H23N3O/c1-5-7-16(8-6-2)14(18)13-9-12(15)10-17(13)11(3)4/h5,9-11H,1,6-8,15H2,2-4H3. The predicted molar refractivity (Wildman–Crippen MR) is 75.6 cm³/mol. The van der Waals surface area contributed by atoms with Gasteiger partial charge < -0.3 is 15.2 Å². The molecule has 0 aliphatic heterocycles. The van der Waals surface area contributed by atoms with Crippen molar-refractivity contribution in [2.24, 2.45) is 0 Å². The van der Waals surface area contributed by atoms with Crippen LogP contribution >= 0.6 is 0 Å². The van der Waals surface area contributed by atoms with E-state index < -0.39 is 0 Å². The van der Waals surface area contributed by atoms with Gasteiger partial charge in [-0.25, -0.2) is 0 Å². The van der Waals surface area contributed by atoms with Gasteiger partial charge >= 0.3 is 0 Å². The lowest BCUT2D eigenvalue weighted by molar-refractivity contribution is 0.0761. The van der Waals surface area contributed by atoms with Crippen LogP contribution in [0.4, 0.5) is 5.69 Å². The van der Waals surface area contributed by atoms with E-state index in [4.69, 9.17) is 5.73 Å². The number of hydrogen-bond acceptors (Lipinski definition) is 2. The second-order valence-electron chi connectivity index (χ2n) is 4.70. The fourth-order valence-electron chi connectivity index (χ4n) is 1.96. The summed E-state index contributed by atoms with van der Waals surface area (Å²) >= 11 is 0. The zero-order chi connectivity index (χ0) is 13.7. The van der Waals surface area contributed by atoms with E-state index in [0.717, 1.165) is 13.0 Å². The van der Waals surface area contributed by atoms with Gasteiger partial charge in [-0.15, -0.1) is 6.58 Å². The van der Waals surface area contributed by atoms with Crippen LogP contribution < -0.4 is 5.73 Å². The largest absolute Gasteiger partial charge is 0.397 e. The van der Waals surface area contributed by atoms with Gasteiger partial charge in [0, 0.05) is 25.3 Å². The van der Waals surface area contributed by atoms with Gasteiger partial charge in [-0.3, -0.25) is 4.79 Å². The molecule has 0 radical (unpaired) electrons. The molecule has 4 nitrogen and oxygen atoms in total. The Labute approximate surface area is 109 Å². The number of anilines is 1. The van der Waals surface area contributed by atoms with Crippen LogP contribution in [0.25, 0.3) is 0 Å². The average Bonchev–Trinajstić information content (AvgIpc) is 2.70. The van der Waals surface area contributed by atoms with E-state index in [1.54, 1.807) is 17.0 Å². The zero-order valence-electron chi connectivity index (χ0n) is 11.5. The third kappa shape index (κ3) is 3.15. The molecule has 2 N–H and O–H groups in total. The first-order chi connectivity index (χ1) is 8.51. The molecule has 1 heterocycles. The first-order valence-corrected chi connectivity index (χ1v) is 6.38. The Balaban J connectivity index is 3.03. The van der Waals surface area contributed by atoms with E-state index in [9.17, 15) is 4.79 Å². The molecule has 0 aromatic carbocycles. The lowest BCUT2D eigenvalue weighted by Gasteiger charge is -2.22. The molecule has 18 heavy (non-hydrogen) atoms. The predicted octanol–water partition coefficient (Wildman–Crippen LogP) is 2.69. The van der Waals surface area contributed by atoms with Crippen molar-refractivity contribution < 1.29 is 4.79 Å². The molecule has 1 amide bonds. The summed E-state index contributed by atoms with van der Waals surface area (Å²) in [6.07, 6.45) is 4.49. The summed E-state index contributed by atoms with van der Waals surface area (Å²) in [6.45, 7) is 11.1. The molecule has 1 aromatic rings. The molecule has 1 aromatic heterocycles. The maximum atomic E-state index is 12.5. The van der Waals surface area contributed by atoms with Crippen molar-refractivity contribution in [2.75, 3.05) is 18.8 Å². The van der Waals surface area contributed by atoms with Crippen molar-refractivity contribution >= 4 is 11.6 Å². The minimum atomic E-state index is 0.0159. The van der Waals surface area contributed by atoms with E-state index in [2.05, 4.69) is 13.5 Å². The highest BCUT2D eigenvalue weighted by atomic mass is 16.2. The number of hydrogen-bond donors (Lipinski definition) is 1. The van der Waals surface area contributed by atoms with Crippen LogP contribution in [0.5, 0.6) is 0 Å². The van der Waals surface area contributed by atoms with Crippen LogP contribution in [0.15, 0.2) is 24.9 Å². The van der Waals surface area contributed by atoms with Gasteiger partial charge in [0.2, 0.25) is 0 Å². The van der Waals surface area contributed by atoms with E-state index in [1.807, 2.05) is 24.6 Å². The van der Waals surface area contributed by atoms with E-state index in [0.29, 0.717) is 17.9 Å². The van der Waals surface area contributed by atoms with Crippen LogP contribution in [-0.4, -0.2) is 28.5 Å². The molecule has 0 atom stereocenters. The van der Waals surface area contributed by atoms with Crippen LogP contribution in [0.1, 0.15) is 43.7 Å². The molecule has 4 heteroatoms. The van der Waals surface area contributed by atoms with Gasteiger partial charge in [0.1, 0.15) is 5.69 Å². The normalized spacial score (nSPS) is 10.7. The molecule has 0 saturated carbocycles. The Bertz CT molecular complexity index is 421. The molecule has 0 spiro atoms. The van der Waals surface area contributed by atoms with Crippen molar-refractivity contribution in [2.45, 2.75) is 33.2 Å². The third-order valence-electron chi connectivity index (χ3n) is 2.78. The van der Waals surface area contributed by atoms with Crippen LogP contribution in [0.3, 0.4) is 0 Å². The van der Waals surface area contributed by atoms with Crippen molar-refractivity contribution in [3.63, 3.8) is 0 Å². The molecule has 0 fully saturated rings. The maximum Gasteiger partial charge on any atom is 0.270 e. The van der Waals surface area contributed by atoms with Gasteiger partial charge in [-0.1, -0.05) is 13.0 Å². The summed E-state index contributed by atoms with van der Waals surface area (Å²) in [5, 5.41) is 0. The fourth-order valence-corrected chi connectivity index (χ4v) is 1.96. The molecule has 0 saturated heterocycles. The SMILES string of the molecule is C=CCN(CCC)C(=O)c1cc(N)cn1C(C)C. The Kier molecular flexibility index (Phi) is 5.01. The lowest BCUT2D eigenvalue weighted by Crippen LogP contribution is -2.33. The number of nitrogens with zero attached hydrogens (tertiary/aromatic N) is 2. The van der Waals surface area contributed by atoms with Crippen molar-refractivity contribution in [1.29, 1.82) is 0 Å². The molecule has 0 unspecified atom stereocenters. The van der Waals surface area contributed by atoms with Gasteiger partial charge in [-0.2, -0.15) is 0 Å². The number of aromatic nitrogens is 1. The highest BCUT2D eigenvalue weighted by molar-refractivity contribution is 5.94. The molecular weight excluding hydrogens is 226 g/mol. The maximum absolute atomic E-state index is 12.5. The van der Waals surface area contributed by atoms with Crippen LogP contribution in [0.2, 0.25) is 0 Å². The number of amides is 1. The zero-order valence-corrected chi connectivity index (χ0v) is 11.5. The van der Waals surface area contributed by atoms with E-state index in [-0.39, 0.29) is 11.9 Å². The quantitative estimate of drug-likeness (QED) is 0.788. The second kappa shape index (κ2) is 6.28. The molecule has 100 valence electrons. The first kappa shape index (κ1) is 14.4. The second-order valence-corrected chi connectivity index (χ2v) is 4.70. The summed E-state index contributed by atoms with van der Waals surface area (Å²) in [4.78, 5) is 14.3. The highest BCUT2D eigenvalue weighted by Crippen LogP contribution is 2.18. The average molecular weight is 249 g/mol. The molecule has 0 aliphatic carbocycles. The summed E-state index contributed by atoms with van der Waals surface area (Å²) in [6, 6.07) is 1.96. The number of rotatable bonds is 6. The van der Waals surface area contributed by atoms with Gasteiger partial charge in [-0.05, 0) is 26.3 Å². The van der Waals surface area contributed by atoms with Crippen LogP contribution in [-0.2, 0) is 0 Å². The summed E-state index contributed by atoms with van der Waals surface area (Å²) in [7, 11) is 0. The first-order valence-electron chi connectivity index (χ1n) is 6.38. The Morgan fingerprint density at radius 3 is 2.78 bits per heavy atom. The Morgan fingerprint density at radius 1 is 1.61 bits per heavy atom. The number of carbonyl (C=O) groups excluding carboxylic acids is 1. The van der Waals surface area contributed by atoms with Gasteiger partial charge in [0.15, 0.2) is 0 Å². The third-order valence-corrected chi connectivity index (χ3v) is 2.78. The summed E-state index contributed by atoms with van der Waals surface area (Å²) < 4.78 is 1.92. The minimum Gasteiger partial charge on any atom is -0.397 e. The van der Waals surface area contributed by atoms with Crippen molar-refractivity contribution in [3.8, 4) is 0 Å². The Morgan fingerprint density at radius 2 is 2.28 bits per heavy atom. The highest BCUT2D eigenvalue weighted by Gasteiger charge is 2.19. The fraction of sp³-hybridized carbons (Fsp3) is 0.500. The molecular formula is C14H23N3O. The molecule has 1 rings (SSSR count). The van der Waals surface area contributed by atoms with Crippen LogP contribution in [0, 0.1) is 0 Å². The minimum absolute atomic E-state index is 0.0159. The summed E-state index contributed by atoms with van der Waals surface area (Å²) in [5.41, 5.74) is 7.07. The monoisotopic (exact) mass is 249 g/mol. The van der Waals surface area contributed by atoms with Gasteiger partial charge in [0.25, 0.3) is 5.91 Å². The lowest BCUT2D eigenvalue weighted by atomic mass is 10.3. The Hall–Kier alpha value is -1.71. The van der Waals surface area contributed by atoms with E-state index in [1.165, 1.54) is 0 Å². The topological polar surface area (TPSA) is 51.3 Å². The van der Waals surface area contributed by atoms with Crippen molar-refractivity contribution in [3.05, 3.63) is 30.6 Å². The number of carbonyl (C=O) groups is 1. The van der Waals surface area contributed by atoms with Crippen molar-refractivity contribution in [1.82, 2.24) is 9.47 Å². The van der Waals surface area contributed by atoms with Gasteiger partial charge in [0.05, 0.1) is 5.69 Å². The number of nitrogen functional groups attached to an aromatic ring is 1. The summed E-state index contributed by atoms with van der Waals surface area (Å²) in [5.74, 6) is 0.0159. The van der Waals surface area contributed by atoms with E-state index >= 15 is 0 Å². The smallest absolute Gasteiger partial charge is 0.270 e. The molecule has 0 aliphatic rings. The molecule has 0 bridgehead atoms.